The Labute approximate surface area is 136 Å². The van der Waals surface area contributed by atoms with Crippen molar-refractivity contribution < 1.29 is 13.6 Å². The van der Waals surface area contributed by atoms with E-state index in [1.165, 1.54) is 6.07 Å². The van der Waals surface area contributed by atoms with Crippen LogP contribution in [-0.2, 0) is 17.6 Å². The lowest BCUT2D eigenvalue weighted by molar-refractivity contribution is -0.115. The van der Waals surface area contributed by atoms with Gasteiger partial charge in [0, 0.05) is 12.5 Å². The van der Waals surface area contributed by atoms with Crippen LogP contribution in [0.1, 0.15) is 17.2 Å². The lowest BCUT2D eigenvalue weighted by Gasteiger charge is -2.04. The van der Waals surface area contributed by atoms with Crippen LogP contribution < -0.4 is 5.32 Å². The van der Waals surface area contributed by atoms with Crippen molar-refractivity contribution in [3.8, 4) is 0 Å². The van der Waals surface area contributed by atoms with Crippen LogP contribution >= 0.6 is 0 Å². The number of carbonyl (C=O) groups excluding carboxylic acids is 1. The molecule has 0 aliphatic carbocycles. The van der Waals surface area contributed by atoms with Crippen LogP contribution in [0.5, 0.6) is 0 Å². The Kier molecular flexibility index (Phi) is 4.60. The van der Waals surface area contributed by atoms with Crippen LogP contribution in [0, 0.1) is 11.6 Å². The number of nitrogens with one attached hydrogen (secondary N) is 2. The minimum absolute atomic E-state index is 0.0820. The van der Waals surface area contributed by atoms with E-state index in [1.807, 2.05) is 30.3 Å². The highest BCUT2D eigenvalue weighted by molar-refractivity contribution is 5.91. The number of anilines is 1. The number of hydrogen-bond donors (Lipinski definition) is 2. The number of aromatic amines is 1. The molecule has 0 fully saturated rings. The van der Waals surface area contributed by atoms with Gasteiger partial charge in [0.1, 0.15) is 17.5 Å². The molecule has 0 unspecified atom stereocenters. The van der Waals surface area contributed by atoms with Gasteiger partial charge in [-0.15, -0.1) is 0 Å². The standard InChI is InChI=1S/C17H14F2N4O/c18-12-6-7-14(13(19)9-12)20-17(24)10-16-21-15(22-23-16)8-11-4-2-1-3-5-11/h1-7,9H,8,10H2,(H,20,24)(H,21,22,23). The summed E-state index contributed by atoms with van der Waals surface area (Å²) in [5, 5.41) is 9.13. The average molecular weight is 328 g/mol. The monoisotopic (exact) mass is 328 g/mol. The first kappa shape index (κ1) is 15.8. The van der Waals surface area contributed by atoms with E-state index in [0.717, 1.165) is 11.6 Å². The maximum atomic E-state index is 13.5. The topological polar surface area (TPSA) is 70.7 Å². The van der Waals surface area contributed by atoms with Gasteiger partial charge in [0.25, 0.3) is 0 Å². The molecular formula is C17H14F2N4O. The summed E-state index contributed by atoms with van der Waals surface area (Å²) in [5.74, 6) is -1.07. The zero-order chi connectivity index (χ0) is 16.9. The fourth-order valence-corrected chi connectivity index (χ4v) is 2.21. The summed E-state index contributed by atoms with van der Waals surface area (Å²) in [6, 6.07) is 12.7. The van der Waals surface area contributed by atoms with E-state index < -0.39 is 17.5 Å². The summed E-state index contributed by atoms with van der Waals surface area (Å²) >= 11 is 0. The number of H-pyrrole nitrogens is 1. The molecule has 0 spiro atoms. The van der Waals surface area contributed by atoms with Gasteiger partial charge >= 0.3 is 0 Å². The van der Waals surface area contributed by atoms with E-state index in [-0.39, 0.29) is 12.1 Å². The molecule has 1 amide bonds. The molecule has 122 valence electrons. The molecule has 1 aromatic heterocycles. The van der Waals surface area contributed by atoms with Gasteiger partial charge in [0.05, 0.1) is 12.1 Å². The largest absolute Gasteiger partial charge is 0.323 e. The van der Waals surface area contributed by atoms with Gasteiger partial charge in [-0.2, -0.15) is 5.10 Å². The molecule has 3 rings (SSSR count). The van der Waals surface area contributed by atoms with Crippen LogP contribution in [-0.4, -0.2) is 21.1 Å². The predicted octanol–water partition coefficient (Wildman–Crippen LogP) is 2.85. The van der Waals surface area contributed by atoms with Crippen molar-refractivity contribution in [2.24, 2.45) is 0 Å². The van der Waals surface area contributed by atoms with Gasteiger partial charge < -0.3 is 5.32 Å². The maximum absolute atomic E-state index is 13.5. The van der Waals surface area contributed by atoms with Gasteiger partial charge in [-0.1, -0.05) is 30.3 Å². The molecule has 7 heteroatoms. The lowest BCUT2D eigenvalue weighted by atomic mass is 10.1. The number of hydrogen-bond acceptors (Lipinski definition) is 3. The molecule has 2 aromatic carbocycles. The normalized spacial score (nSPS) is 10.6. The minimum Gasteiger partial charge on any atom is -0.323 e. The Bertz CT molecular complexity index is 849. The van der Waals surface area contributed by atoms with Gasteiger partial charge in [-0.3, -0.25) is 9.89 Å². The van der Waals surface area contributed by atoms with Crippen LogP contribution in [0.4, 0.5) is 14.5 Å². The number of nitrogens with zero attached hydrogens (tertiary/aromatic N) is 2. The summed E-state index contributed by atoms with van der Waals surface area (Å²) in [6.07, 6.45) is 0.462. The molecule has 5 nitrogen and oxygen atoms in total. The van der Waals surface area contributed by atoms with Crippen LogP contribution in [0.25, 0.3) is 0 Å². The second-order valence-corrected chi connectivity index (χ2v) is 5.21. The number of carbonyl (C=O) groups is 1. The highest BCUT2D eigenvalue weighted by atomic mass is 19.1. The van der Waals surface area contributed by atoms with E-state index >= 15 is 0 Å². The predicted molar refractivity (Wildman–Crippen MR) is 84.3 cm³/mol. The zero-order valence-electron chi connectivity index (χ0n) is 12.6. The average Bonchev–Trinajstić information content (AvgIpc) is 2.98. The van der Waals surface area contributed by atoms with Crippen LogP contribution in [0.2, 0.25) is 0 Å². The van der Waals surface area contributed by atoms with Gasteiger partial charge in [-0.05, 0) is 17.7 Å². The van der Waals surface area contributed by atoms with Crippen LogP contribution in [0.3, 0.4) is 0 Å². The third-order valence-electron chi connectivity index (χ3n) is 3.32. The van der Waals surface area contributed by atoms with Gasteiger partial charge in [0.2, 0.25) is 5.91 Å². The quantitative estimate of drug-likeness (QED) is 0.756. The van der Waals surface area contributed by atoms with E-state index in [4.69, 9.17) is 0 Å². The molecule has 0 aliphatic heterocycles. The summed E-state index contributed by atoms with van der Waals surface area (Å²) in [4.78, 5) is 16.2. The fraction of sp³-hybridized carbons (Fsp3) is 0.118. The second-order valence-electron chi connectivity index (χ2n) is 5.21. The first-order chi connectivity index (χ1) is 11.6. The van der Waals surface area contributed by atoms with Crippen molar-refractivity contribution in [2.75, 3.05) is 5.32 Å². The summed E-state index contributed by atoms with van der Waals surface area (Å²) in [7, 11) is 0. The van der Waals surface area contributed by atoms with Gasteiger partial charge in [0.15, 0.2) is 5.82 Å². The number of halogens is 2. The second kappa shape index (κ2) is 6.99. The maximum Gasteiger partial charge on any atom is 0.232 e. The third kappa shape index (κ3) is 4.01. The SMILES string of the molecule is O=C(Cc1n[nH]c(Cc2ccccc2)n1)Nc1ccc(F)cc1F. The van der Waals surface area contributed by atoms with Crippen molar-refractivity contribution in [1.82, 2.24) is 15.2 Å². The van der Waals surface area contributed by atoms with E-state index in [9.17, 15) is 13.6 Å². The molecule has 0 saturated heterocycles. The highest BCUT2D eigenvalue weighted by Crippen LogP contribution is 2.15. The number of rotatable bonds is 5. The van der Waals surface area contributed by atoms with E-state index in [2.05, 4.69) is 20.5 Å². The molecule has 1 heterocycles. The molecule has 3 aromatic rings. The first-order valence-electron chi connectivity index (χ1n) is 7.29. The van der Waals surface area contributed by atoms with Crippen molar-refractivity contribution in [1.29, 1.82) is 0 Å². The highest BCUT2D eigenvalue weighted by Gasteiger charge is 2.12. The number of benzene rings is 2. The van der Waals surface area contributed by atoms with Crippen molar-refractivity contribution in [3.63, 3.8) is 0 Å². The molecule has 2 N–H and O–H groups in total. The summed E-state index contributed by atoms with van der Waals surface area (Å²) in [6.45, 7) is 0. The van der Waals surface area contributed by atoms with Crippen molar-refractivity contribution in [3.05, 3.63) is 77.4 Å². The zero-order valence-corrected chi connectivity index (χ0v) is 12.6. The number of amides is 1. The lowest BCUT2D eigenvalue weighted by Crippen LogP contribution is -2.16. The fourth-order valence-electron chi connectivity index (χ4n) is 2.21. The molecule has 0 atom stereocenters. The van der Waals surface area contributed by atoms with E-state index in [0.29, 0.717) is 24.1 Å². The minimum atomic E-state index is -0.830. The van der Waals surface area contributed by atoms with Crippen LogP contribution in [0.15, 0.2) is 48.5 Å². The molecule has 0 radical (unpaired) electrons. The summed E-state index contributed by atoms with van der Waals surface area (Å²) < 4.78 is 26.3. The smallest absolute Gasteiger partial charge is 0.232 e. The number of aromatic nitrogens is 3. The Hall–Kier alpha value is -3.09. The summed E-state index contributed by atoms with van der Waals surface area (Å²) in [5.41, 5.74) is 0.986. The van der Waals surface area contributed by atoms with E-state index in [1.54, 1.807) is 0 Å². The Morgan fingerprint density at radius 1 is 1.12 bits per heavy atom. The molecule has 0 saturated carbocycles. The molecule has 24 heavy (non-hydrogen) atoms. The van der Waals surface area contributed by atoms with Gasteiger partial charge in [-0.25, -0.2) is 13.8 Å². The Balaban J connectivity index is 1.61. The first-order valence-corrected chi connectivity index (χ1v) is 7.29. The third-order valence-corrected chi connectivity index (χ3v) is 3.32. The molecular weight excluding hydrogens is 314 g/mol. The van der Waals surface area contributed by atoms with Crippen molar-refractivity contribution in [2.45, 2.75) is 12.8 Å². The van der Waals surface area contributed by atoms with Crippen molar-refractivity contribution >= 4 is 11.6 Å². The Morgan fingerprint density at radius 2 is 1.92 bits per heavy atom. The molecule has 0 aliphatic rings. The molecule has 0 bridgehead atoms. The Morgan fingerprint density at radius 3 is 2.67 bits per heavy atom.